The molecule has 5 nitrogen and oxygen atoms in total. The highest BCUT2D eigenvalue weighted by atomic mass is 127. The molecule has 1 aromatic rings. The maximum absolute atomic E-state index is 5.69. The van der Waals surface area contributed by atoms with Gasteiger partial charge in [0.05, 0.1) is 19.3 Å². The van der Waals surface area contributed by atoms with Gasteiger partial charge in [-0.05, 0) is 44.7 Å². The van der Waals surface area contributed by atoms with Gasteiger partial charge < -0.3 is 20.1 Å². The van der Waals surface area contributed by atoms with Crippen LogP contribution in [0.4, 0.5) is 0 Å². The van der Waals surface area contributed by atoms with Crippen molar-refractivity contribution in [2.45, 2.75) is 38.7 Å². The van der Waals surface area contributed by atoms with E-state index in [1.54, 1.807) is 0 Å². The van der Waals surface area contributed by atoms with Crippen molar-refractivity contribution < 1.29 is 9.47 Å². The summed E-state index contributed by atoms with van der Waals surface area (Å²) in [6.45, 7) is 6.22. The minimum absolute atomic E-state index is 0. The number of halogens is 1. The second-order valence-electron chi connectivity index (χ2n) is 5.65. The van der Waals surface area contributed by atoms with Crippen LogP contribution in [-0.2, 0) is 4.74 Å². The monoisotopic (exact) mass is 447 g/mol. The molecule has 0 amide bonds. The van der Waals surface area contributed by atoms with E-state index in [1.165, 1.54) is 0 Å². The van der Waals surface area contributed by atoms with Crippen LogP contribution < -0.4 is 15.4 Å². The summed E-state index contributed by atoms with van der Waals surface area (Å²) in [6.07, 6.45) is 4.65. The van der Waals surface area contributed by atoms with Crippen molar-refractivity contribution in [2.24, 2.45) is 4.99 Å². The Morgan fingerprint density at radius 3 is 2.79 bits per heavy atom. The van der Waals surface area contributed by atoms with E-state index in [9.17, 15) is 0 Å². The molecule has 0 aromatic heterocycles. The number of guanidine groups is 1. The van der Waals surface area contributed by atoms with Crippen LogP contribution in [0.2, 0.25) is 0 Å². The lowest BCUT2D eigenvalue weighted by atomic mass is 10.2. The van der Waals surface area contributed by atoms with Gasteiger partial charge in [0.15, 0.2) is 5.96 Å². The summed E-state index contributed by atoms with van der Waals surface area (Å²) in [5.74, 6) is 1.82. The Balaban J connectivity index is 0.00000288. The van der Waals surface area contributed by atoms with Gasteiger partial charge in [0.2, 0.25) is 0 Å². The lowest BCUT2D eigenvalue weighted by Gasteiger charge is -2.13. The van der Waals surface area contributed by atoms with Gasteiger partial charge in [-0.25, -0.2) is 0 Å². The van der Waals surface area contributed by atoms with Gasteiger partial charge in [0, 0.05) is 19.7 Å². The minimum atomic E-state index is 0. The van der Waals surface area contributed by atoms with E-state index in [-0.39, 0.29) is 24.0 Å². The first-order valence-electron chi connectivity index (χ1n) is 8.70. The summed E-state index contributed by atoms with van der Waals surface area (Å²) in [5, 5.41) is 6.65. The van der Waals surface area contributed by atoms with E-state index in [4.69, 9.17) is 9.47 Å². The van der Waals surface area contributed by atoms with E-state index in [1.807, 2.05) is 30.3 Å². The van der Waals surface area contributed by atoms with Crippen molar-refractivity contribution in [2.75, 3.05) is 32.8 Å². The Bertz CT molecular complexity index is 451. The van der Waals surface area contributed by atoms with Gasteiger partial charge >= 0.3 is 0 Å². The molecule has 1 aliphatic rings. The number of nitrogens with one attached hydrogen (secondary N) is 2. The molecule has 0 radical (unpaired) electrons. The zero-order valence-electron chi connectivity index (χ0n) is 14.5. The first-order chi connectivity index (χ1) is 11.4. The molecule has 1 unspecified atom stereocenters. The van der Waals surface area contributed by atoms with E-state index in [0.717, 1.165) is 70.2 Å². The summed E-state index contributed by atoms with van der Waals surface area (Å²) in [4.78, 5) is 4.60. The standard InChI is InChI=1S/C18H29N3O2.HI/c1-2-19-18(21-15-17-11-8-14-23-17)20-12-6-7-13-22-16-9-4-3-5-10-16;/h3-5,9-10,17H,2,6-8,11-15H2,1H3,(H2,19,20,21);1H. The average Bonchev–Trinajstić information content (AvgIpc) is 3.10. The molecule has 1 heterocycles. The van der Waals surface area contributed by atoms with Crippen LogP contribution in [0.1, 0.15) is 32.6 Å². The fraction of sp³-hybridized carbons (Fsp3) is 0.611. The third-order valence-corrected chi connectivity index (χ3v) is 3.70. The van der Waals surface area contributed by atoms with Crippen molar-refractivity contribution in [1.82, 2.24) is 10.6 Å². The summed E-state index contributed by atoms with van der Waals surface area (Å²) in [5.41, 5.74) is 0. The zero-order chi connectivity index (χ0) is 16.2. The molecule has 1 saturated heterocycles. The highest BCUT2D eigenvalue weighted by Gasteiger charge is 2.14. The molecule has 0 bridgehead atoms. The van der Waals surface area contributed by atoms with E-state index >= 15 is 0 Å². The van der Waals surface area contributed by atoms with E-state index in [2.05, 4.69) is 22.5 Å². The molecule has 0 spiro atoms. The predicted molar refractivity (Wildman–Crippen MR) is 110 cm³/mol. The highest BCUT2D eigenvalue weighted by molar-refractivity contribution is 14.0. The molecular weight excluding hydrogens is 417 g/mol. The maximum atomic E-state index is 5.69. The first kappa shape index (κ1) is 21.0. The smallest absolute Gasteiger partial charge is 0.191 e. The molecule has 1 atom stereocenters. The van der Waals surface area contributed by atoms with Crippen molar-refractivity contribution in [1.29, 1.82) is 0 Å². The van der Waals surface area contributed by atoms with Crippen molar-refractivity contribution in [3.63, 3.8) is 0 Å². The number of nitrogens with zero attached hydrogens (tertiary/aromatic N) is 1. The van der Waals surface area contributed by atoms with Crippen molar-refractivity contribution in [3.8, 4) is 5.75 Å². The SMILES string of the molecule is CCNC(=NCC1CCCO1)NCCCCOc1ccccc1.I. The van der Waals surface area contributed by atoms with Gasteiger partial charge in [-0.1, -0.05) is 18.2 Å². The molecular formula is C18H30IN3O2. The predicted octanol–water partition coefficient (Wildman–Crippen LogP) is 3.20. The van der Waals surface area contributed by atoms with Crippen LogP contribution >= 0.6 is 24.0 Å². The van der Waals surface area contributed by atoms with E-state index in [0.29, 0.717) is 6.10 Å². The molecule has 136 valence electrons. The Morgan fingerprint density at radius 2 is 2.08 bits per heavy atom. The zero-order valence-corrected chi connectivity index (χ0v) is 16.8. The number of rotatable bonds is 9. The Labute approximate surface area is 162 Å². The number of unbranched alkanes of at least 4 members (excludes halogenated alkanes) is 1. The minimum Gasteiger partial charge on any atom is -0.494 e. The Morgan fingerprint density at radius 1 is 1.25 bits per heavy atom. The van der Waals surface area contributed by atoms with Crippen molar-refractivity contribution >= 4 is 29.9 Å². The number of para-hydroxylation sites is 1. The molecule has 2 rings (SSSR count). The van der Waals surface area contributed by atoms with Crippen LogP contribution in [0.25, 0.3) is 0 Å². The molecule has 24 heavy (non-hydrogen) atoms. The lowest BCUT2D eigenvalue weighted by molar-refractivity contribution is 0.117. The number of aliphatic imine (C=N–C) groups is 1. The number of benzene rings is 1. The number of hydrogen-bond donors (Lipinski definition) is 2. The third kappa shape index (κ3) is 8.73. The van der Waals surface area contributed by atoms with Crippen LogP contribution in [0.15, 0.2) is 35.3 Å². The topological polar surface area (TPSA) is 54.9 Å². The quantitative estimate of drug-likeness (QED) is 0.264. The summed E-state index contributed by atoms with van der Waals surface area (Å²) in [7, 11) is 0. The molecule has 0 aliphatic carbocycles. The Kier molecular flexibility index (Phi) is 11.6. The summed E-state index contributed by atoms with van der Waals surface area (Å²) < 4.78 is 11.3. The molecule has 1 aliphatic heterocycles. The van der Waals surface area contributed by atoms with Gasteiger partial charge in [-0.3, -0.25) is 4.99 Å². The summed E-state index contributed by atoms with van der Waals surface area (Å²) >= 11 is 0. The van der Waals surface area contributed by atoms with Gasteiger partial charge in [0.1, 0.15) is 5.75 Å². The molecule has 2 N–H and O–H groups in total. The fourth-order valence-electron chi connectivity index (χ4n) is 2.46. The largest absolute Gasteiger partial charge is 0.494 e. The summed E-state index contributed by atoms with van der Waals surface area (Å²) in [6, 6.07) is 9.95. The normalized spacial score (nSPS) is 17.2. The maximum Gasteiger partial charge on any atom is 0.191 e. The lowest BCUT2D eigenvalue weighted by Crippen LogP contribution is -2.38. The fourth-order valence-corrected chi connectivity index (χ4v) is 2.46. The third-order valence-electron chi connectivity index (χ3n) is 3.70. The molecule has 0 saturated carbocycles. The van der Waals surface area contributed by atoms with Gasteiger partial charge in [0.25, 0.3) is 0 Å². The van der Waals surface area contributed by atoms with Crippen LogP contribution in [0.5, 0.6) is 5.75 Å². The second-order valence-corrected chi connectivity index (χ2v) is 5.65. The van der Waals surface area contributed by atoms with Crippen LogP contribution in [0.3, 0.4) is 0 Å². The highest BCUT2D eigenvalue weighted by Crippen LogP contribution is 2.11. The first-order valence-corrected chi connectivity index (χ1v) is 8.70. The number of ether oxygens (including phenoxy) is 2. The van der Waals surface area contributed by atoms with Gasteiger partial charge in [-0.15, -0.1) is 24.0 Å². The van der Waals surface area contributed by atoms with Crippen LogP contribution in [0, 0.1) is 0 Å². The molecule has 1 aromatic carbocycles. The Hall–Kier alpha value is -1.02. The van der Waals surface area contributed by atoms with Crippen LogP contribution in [-0.4, -0.2) is 44.9 Å². The molecule has 1 fully saturated rings. The second kappa shape index (κ2) is 13.3. The van der Waals surface area contributed by atoms with Gasteiger partial charge in [-0.2, -0.15) is 0 Å². The van der Waals surface area contributed by atoms with E-state index < -0.39 is 0 Å². The average molecular weight is 447 g/mol. The molecule has 6 heteroatoms. The number of hydrogen-bond acceptors (Lipinski definition) is 3. The van der Waals surface area contributed by atoms with Crippen molar-refractivity contribution in [3.05, 3.63) is 30.3 Å².